The van der Waals surface area contributed by atoms with Gasteiger partial charge in [-0.2, -0.15) is 0 Å². The van der Waals surface area contributed by atoms with Crippen LogP contribution in [0, 0.1) is 5.92 Å². The fourth-order valence-electron chi connectivity index (χ4n) is 1.92. The standard InChI is InChI=1S/C12H15NO3/c13-7-10(12(14)15)6-8-1-2-11-9(5-8)3-4-16-11/h1-2,5,10H,3-4,6-7,13H2,(H,14,15). The average Bonchev–Trinajstić information content (AvgIpc) is 2.72. The van der Waals surface area contributed by atoms with Gasteiger partial charge in [0.1, 0.15) is 5.75 Å². The number of hydrogen-bond acceptors (Lipinski definition) is 3. The van der Waals surface area contributed by atoms with Crippen LogP contribution in [-0.4, -0.2) is 24.2 Å². The smallest absolute Gasteiger partial charge is 0.308 e. The molecule has 1 aliphatic heterocycles. The molecule has 3 N–H and O–H groups in total. The van der Waals surface area contributed by atoms with Crippen molar-refractivity contribution in [3.63, 3.8) is 0 Å². The number of ether oxygens (including phenoxy) is 1. The van der Waals surface area contributed by atoms with E-state index in [9.17, 15) is 4.79 Å². The number of carboxylic acids is 1. The van der Waals surface area contributed by atoms with Crippen LogP contribution in [-0.2, 0) is 17.6 Å². The minimum atomic E-state index is -0.834. The van der Waals surface area contributed by atoms with Gasteiger partial charge < -0.3 is 15.6 Å². The summed E-state index contributed by atoms with van der Waals surface area (Å²) in [4.78, 5) is 10.9. The van der Waals surface area contributed by atoms with Crippen molar-refractivity contribution in [1.82, 2.24) is 0 Å². The van der Waals surface area contributed by atoms with Crippen LogP contribution in [0.2, 0.25) is 0 Å². The maximum absolute atomic E-state index is 10.9. The van der Waals surface area contributed by atoms with Crippen molar-refractivity contribution >= 4 is 5.97 Å². The summed E-state index contributed by atoms with van der Waals surface area (Å²) in [7, 11) is 0. The molecule has 4 heteroatoms. The number of carboxylic acid groups (broad SMARTS) is 1. The highest BCUT2D eigenvalue weighted by Crippen LogP contribution is 2.26. The molecule has 86 valence electrons. The van der Waals surface area contributed by atoms with E-state index in [1.165, 1.54) is 5.56 Å². The Kier molecular flexibility index (Phi) is 3.10. The van der Waals surface area contributed by atoms with Gasteiger partial charge in [-0.15, -0.1) is 0 Å². The molecule has 1 heterocycles. The summed E-state index contributed by atoms with van der Waals surface area (Å²) in [5.41, 5.74) is 7.61. The van der Waals surface area contributed by atoms with E-state index in [2.05, 4.69) is 0 Å². The molecule has 0 saturated heterocycles. The van der Waals surface area contributed by atoms with Crippen molar-refractivity contribution in [2.24, 2.45) is 11.7 Å². The Hall–Kier alpha value is -1.55. The zero-order chi connectivity index (χ0) is 11.5. The van der Waals surface area contributed by atoms with E-state index in [0.29, 0.717) is 6.42 Å². The third-order valence-corrected chi connectivity index (χ3v) is 2.87. The molecule has 0 spiro atoms. The summed E-state index contributed by atoms with van der Waals surface area (Å²) >= 11 is 0. The van der Waals surface area contributed by atoms with Crippen LogP contribution >= 0.6 is 0 Å². The van der Waals surface area contributed by atoms with Crippen molar-refractivity contribution in [2.45, 2.75) is 12.8 Å². The van der Waals surface area contributed by atoms with Crippen LogP contribution < -0.4 is 10.5 Å². The second-order valence-corrected chi connectivity index (χ2v) is 4.02. The lowest BCUT2D eigenvalue weighted by molar-refractivity contribution is -0.141. The van der Waals surface area contributed by atoms with Gasteiger partial charge in [0.05, 0.1) is 12.5 Å². The monoisotopic (exact) mass is 221 g/mol. The lowest BCUT2D eigenvalue weighted by Crippen LogP contribution is -2.25. The maximum Gasteiger partial charge on any atom is 0.308 e. The van der Waals surface area contributed by atoms with Crippen molar-refractivity contribution in [3.05, 3.63) is 29.3 Å². The van der Waals surface area contributed by atoms with Crippen molar-refractivity contribution < 1.29 is 14.6 Å². The van der Waals surface area contributed by atoms with Gasteiger partial charge >= 0.3 is 5.97 Å². The lowest BCUT2D eigenvalue weighted by Gasteiger charge is -2.10. The Labute approximate surface area is 94.0 Å². The van der Waals surface area contributed by atoms with Gasteiger partial charge in [0.15, 0.2) is 0 Å². The molecule has 0 fully saturated rings. The molecule has 1 atom stereocenters. The molecule has 1 aromatic carbocycles. The summed E-state index contributed by atoms with van der Waals surface area (Å²) in [5, 5.41) is 8.92. The van der Waals surface area contributed by atoms with Gasteiger partial charge in [-0.1, -0.05) is 12.1 Å². The predicted octanol–water partition coefficient (Wildman–Crippen LogP) is 0.823. The molecule has 4 nitrogen and oxygen atoms in total. The van der Waals surface area contributed by atoms with E-state index in [-0.39, 0.29) is 6.54 Å². The number of fused-ring (bicyclic) bond motifs is 1. The van der Waals surface area contributed by atoms with Crippen molar-refractivity contribution in [2.75, 3.05) is 13.2 Å². The molecule has 0 bridgehead atoms. The normalized spacial score (nSPS) is 15.3. The minimum absolute atomic E-state index is 0.170. The summed E-state index contributed by atoms with van der Waals surface area (Å²) in [6.45, 7) is 0.890. The van der Waals surface area contributed by atoms with Crippen LogP contribution in [0.5, 0.6) is 5.75 Å². The highest BCUT2D eigenvalue weighted by Gasteiger charge is 2.18. The molecule has 1 aromatic rings. The molecule has 2 rings (SSSR count). The molecule has 1 unspecified atom stereocenters. The molecule has 0 aromatic heterocycles. The quantitative estimate of drug-likeness (QED) is 0.789. The third kappa shape index (κ3) is 2.17. The van der Waals surface area contributed by atoms with Crippen LogP contribution in [0.15, 0.2) is 18.2 Å². The molecule has 0 amide bonds. The SMILES string of the molecule is NCC(Cc1ccc2c(c1)CCO2)C(=O)O. The van der Waals surface area contributed by atoms with Crippen molar-refractivity contribution in [1.29, 1.82) is 0 Å². The Morgan fingerprint density at radius 3 is 3.06 bits per heavy atom. The fourth-order valence-corrected chi connectivity index (χ4v) is 1.92. The second-order valence-electron chi connectivity index (χ2n) is 4.02. The molecule has 16 heavy (non-hydrogen) atoms. The second kappa shape index (κ2) is 4.53. The van der Waals surface area contributed by atoms with Crippen LogP contribution in [0.25, 0.3) is 0 Å². The first-order valence-electron chi connectivity index (χ1n) is 5.38. The number of carbonyl (C=O) groups is 1. The summed E-state index contributed by atoms with van der Waals surface area (Å²) in [5.74, 6) is -0.414. The first-order chi connectivity index (χ1) is 7.70. The molecule has 0 saturated carbocycles. The van der Waals surface area contributed by atoms with Crippen LogP contribution in [0.1, 0.15) is 11.1 Å². The number of aliphatic carboxylic acids is 1. The highest BCUT2D eigenvalue weighted by molar-refractivity contribution is 5.70. The molecular weight excluding hydrogens is 206 g/mol. The van der Waals surface area contributed by atoms with Gasteiger partial charge in [0.2, 0.25) is 0 Å². The zero-order valence-corrected chi connectivity index (χ0v) is 8.98. The molecule has 1 aliphatic rings. The summed E-state index contributed by atoms with van der Waals surface area (Å²) in [6.07, 6.45) is 1.39. The Morgan fingerprint density at radius 2 is 2.38 bits per heavy atom. The van der Waals surface area contributed by atoms with Crippen LogP contribution in [0.3, 0.4) is 0 Å². The van der Waals surface area contributed by atoms with Gasteiger partial charge in [-0.05, 0) is 23.6 Å². The topological polar surface area (TPSA) is 72.5 Å². The Bertz CT molecular complexity index is 403. The van der Waals surface area contributed by atoms with Crippen molar-refractivity contribution in [3.8, 4) is 5.75 Å². The van der Waals surface area contributed by atoms with Crippen LogP contribution in [0.4, 0.5) is 0 Å². The number of hydrogen-bond donors (Lipinski definition) is 2. The summed E-state index contributed by atoms with van der Waals surface area (Å²) in [6, 6.07) is 5.84. The largest absolute Gasteiger partial charge is 0.493 e. The maximum atomic E-state index is 10.9. The molecule has 0 radical (unpaired) electrons. The molecular formula is C12H15NO3. The lowest BCUT2D eigenvalue weighted by atomic mass is 9.97. The number of benzene rings is 1. The summed E-state index contributed by atoms with van der Waals surface area (Å²) < 4.78 is 5.39. The van der Waals surface area contributed by atoms with E-state index in [1.807, 2.05) is 18.2 Å². The van der Waals surface area contributed by atoms with Gasteiger partial charge in [0, 0.05) is 13.0 Å². The zero-order valence-electron chi connectivity index (χ0n) is 8.98. The van der Waals surface area contributed by atoms with E-state index in [4.69, 9.17) is 15.6 Å². The van der Waals surface area contributed by atoms with Gasteiger partial charge in [-0.3, -0.25) is 4.79 Å². The first kappa shape index (κ1) is 11.0. The van der Waals surface area contributed by atoms with E-state index < -0.39 is 11.9 Å². The number of rotatable bonds is 4. The Balaban J connectivity index is 2.13. The Morgan fingerprint density at radius 1 is 1.56 bits per heavy atom. The molecule has 0 aliphatic carbocycles. The third-order valence-electron chi connectivity index (χ3n) is 2.87. The highest BCUT2D eigenvalue weighted by atomic mass is 16.5. The minimum Gasteiger partial charge on any atom is -0.493 e. The number of nitrogens with two attached hydrogens (primary N) is 1. The van der Waals surface area contributed by atoms with Gasteiger partial charge in [0.25, 0.3) is 0 Å². The van der Waals surface area contributed by atoms with E-state index >= 15 is 0 Å². The van der Waals surface area contributed by atoms with E-state index in [1.54, 1.807) is 0 Å². The predicted molar refractivity (Wildman–Crippen MR) is 59.5 cm³/mol. The first-order valence-corrected chi connectivity index (χ1v) is 5.38. The van der Waals surface area contributed by atoms with E-state index in [0.717, 1.165) is 24.3 Å². The van der Waals surface area contributed by atoms with Gasteiger partial charge in [-0.25, -0.2) is 0 Å². The fraction of sp³-hybridized carbons (Fsp3) is 0.417. The average molecular weight is 221 g/mol.